The number of ketones is 2. The van der Waals surface area contributed by atoms with Crippen LogP contribution in [0, 0.1) is 49.4 Å². The first-order valence-corrected chi connectivity index (χ1v) is 22.5. The number of piperidine rings is 4. The average molecular weight is 931 g/mol. The van der Waals surface area contributed by atoms with Gasteiger partial charge in [0, 0.05) is 62.0 Å². The Hall–Kier alpha value is -6.34. The molecule has 8 unspecified atom stereocenters. The first kappa shape index (κ1) is 48.1. The van der Waals surface area contributed by atoms with Crippen molar-refractivity contribution in [3.8, 4) is 0 Å². The molecule has 0 aliphatic carbocycles. The van der Waals surface area contributed by atoms with Gasteiger partial charge in [0.2, 0.25) is 0 Å². The van der Waals surface area contributed by atoms with Crippen LogP contribution in [0.3, 0.4) is 0 Å². The van der Waals surface area contributed by atoms with Crippen LogP contribution in [0.2, 0.25) is 0 Å². The molecule has 0 spiro atoms. The zero-order valence-electron chi connectivity index (χ0n) is 40.1. The fraction of sp³-hybridized carbons (Fsp3) is 0.480. The Bertz CT molecular complexity index is 2350. The van der Waals surface area contributed by atoms with Crippen LogP contribution in [0.5, 0.6) is 0 Å². The summed E-state index contributed by atoms with van der Waals surface area (Å²) < 4.78 is 22.2. The van der Waals surface area contributed by atoms with Crippen LogP contribution in [-0.4, -0.2) is 157 Å². The largest absolute Gasteiger partial charge is 0.468 e. The van der Waals surface area contributed by atoms with Crippen molar-refractivity contribution in [2.75, 3.05) is 81.8 Å². The van der Waals surface area contributed by atoms with Gasteiger partial charge >= 0.3 is 23.9 Å². The molecule has 0 radical (unpaired) electrons. The summed E-state index contributed by atoms with van der Waals surface area (Å²) in [6, 6.07) is 17.1. The number of aromatic nitrogens is 4. The van der Waals surface area contributed by atoms with Gasteiger partial charge in [0.05, 0.1) is 75.4 Å². The van der Waals surface area contributed by atoms with Gasteiger partial charge in [-0.2, -0.15) is 0 Å². The van der Waals surface area contributed by atoms with E-state index < -0.39 is 81.3 Å². The minimum Gasteiger partial charge on any atom is -0.468 e. The second-order valence-corrected chi connectivity index (χ2v) is 18.7. The number of fused-ring (bicyclic) bond motifs is 4. The molecule has 18 nitrogen and oxygen atoms in total. The highest BCUT2D eigenvalue weighted by Gasteiger charge is 2.77. The maximum atomic E-state index is 15.8. The number of aryl methyl sites for hydroxylation is 4. The Balaban J connectivity index is 1.31. The lowest BCUT2D eigenvalue weighted by Gasteiger charge is -2.61. The average Bonchev–Trinajstić information content (AvgIpc) is 3.31. The molecule has 0 saturated carbocycles. The third kappa shape index (κ3) is 7.05. The maximum Gasteiger partial charge on any atom is 0.322 e. The molecular formula is C50H58N8O10. The fourth-order valence-corrected chi connectivity index (χ4v) is 12.3. The van der Waals surface area contributed by atoms with E-state index in [1.807, 2.05) is 71.6 Å². The van der Waals surface area contributed by atoms with Gasteiger partial charge in [0.1, 0.15) is 0 Å². The van der Waals surface area contributed by atoms with Crippen molar-refractivity contribution in [1.29, 1.82) is 0 Å². The number of rotatable bonds is 11. The molecule has 8 atom stereocenters. The van der Waals surface area contributed by atoms with Crippen LogP contribution in [0.1, 0.15) is 69.7 Å². The molecule has 8 heterocycles. The highest BCUT2D eigenvalue weighted by molar-refractivity contribution is 6.18. The second kappa shape index (κ2) is 18.0. The third-order valence-corrected chi connectivity index (χ3v) is 14.7. The molecule has 4 aliphatic rings. The minimum atomic E-state index is -2.04. The molecule has 4 bridgehead atoms. The lowest BCUT2D eigenvalue weighted by atomic mass is 9.54. The van der Waals surface area contributed by atoms with Crippen LogP contribution < -0.4 is 0 Å². The number of nitrogens with zero attached hydrogens (tertiary/aromatic N) is 8. The van der Waals surface area contributed by atoms with Crippen LogP contribution in [0.15, 0.2) is 72.8 Å². The third-order valence-electron chi connectivity index (χ3n) is 14.7. The Labute approximate surface area is 395 Å². The van der Waals surface area contributed by atoms with E-state index in [4.69, 9.17) is 38.9 Å². The number of ether oxygens (including phenoxy) is 4. The quantitative estimate of drug-likeness (QED) is 0.120. The molecule has 4 aromatic rings. The molecule has 358 valence electrons. The van der Waals surface area contributed by atoms with Crippen LogP contribution in [0.25, 0.3) is 0 Å². The predicted octanol–water partition coefficient (Wildman–Crippen LogP) is 3.06. The number of esters is 4. The summed E-state index contributed by atoms with van der Waals surface area (Å²) in [6.07, 6.45) is 0. The van der Waals surface area contributed by atoms with Crippen LogP contribution >= 0.6 is 0 Å². The minimum absolute atomic E-state index is 0.0513. The van der Waals surface area contributed by atoms with Crippen molar-refractivity contribution in [2.45, 2.75) is 51.9 Å². The second-order valence-electron chi connectivity index (χ2n) is 18.7. The van der Waals surface area contributed by atoms with E-state index >= 15 is 9.59 Å². The van der Waals surface area contributed by atoms with E-state index in [-0.39, 0.29) is 39.3 Å². The molecule has 8 rings (SSSR count). The summed E-state index contributed by atoms with van der Waals surface area (Å²) in [7, 11) is 8.32. The molecule has 0 N–H and O–H groups in total. The summed E-state index contributed by atoms with van der Waals surface area (Å²) in [6.45, 7) is 6.45. The van der Waals surface area contributed by atoms with Crippen molar-refractivity contribution in [1.82, 2.24) is 39.5 Å². The van der Waals surface area contributed by atoms with E-state index in [0.29, 0.717) is 45.6 Å². The molecule has 0 amide bonds. The van der Waals surface area contributed by atoms with Crippen molar-refractivity contribution >= 4 is 35.4 Å². The van der Waals surface area contributed by atoms with E-state index in [9.17, 15) is 19.2 Å². The molecule has 68 heavy (non-hydrogen) atoms. The van der Waals surface area contributed by atoms with E-state index in [1.54, 1.807) is 62.6 Å². The van der Waals surface area contributed by atoms with Gasteiger partial charge in [0.25, 0.3) is 0 Å². The Morgan fingerprint density at radius 1 is 0.456 bits per heavy atom. The standard InChI is InChI=1S/C50H58N8O10/c1-29-15-11-19-33(51-29)37-47(43(61)65-7)25-57(26-48(41(47)59,44(62)66-8)38(55(37)5)34-20-12-16-30(2)52-34)23-24-58-27-49(45(63)67-9)39(35-21-13-17-31(3)53-35)56(6)40(36-22-14-18-32(4)54-36)50(28-58,42(49)60)46(64)68-10/h11-22,37-40H,23-28H2,1-10H3. The molecular weight excluding hydrogens is 873 g/mol. The monoisotopic (exact) mass is 930 g/mol. The fourth-order valence-electron chi connectivity index (χ4n) is 12.3. The molecule has 4 fully saturated rings. The van der Waals surface area contributed by atoms with E-state index in [2.05, 4.69) is 0 Å². The summed E-state index contributed by atoms with van der Waals surface area (Å²) >= 11 is 0. The zero-order valence-corrected chi connectivity index (χ0v) is 40.1. The van der Waals surface area contributed by atoms with Gasteiger partial charge in [-0.3, -0.25) is 68.3 Å². The molecule has 4 aliphatic heterocycles. The van der Waals surface area contributed by atoms with Gasteiger partial charge in [0.15, 0.2) is 33.2 Å². The first-order valence-electron chi connectivity index (χ1n) is 22.5. The smallest absolute Gasteiger partial charge is 0.322 e. The van der Waals surface area contributed by atoms with Gasteiger partial charge in [-0.15, -0.1) is 0 Å². The van der Waals surface area contributed by atoms with Gasteiger partial charge in [-0.1, -0.05) is 24.3 Å². The molecule has 4 aromatic heterocycles. The first-order chi connectivity index (χ1) is 32.4. The van der Waals surface area contributed by atoms with Gasteiger partial charge in [-0.05, 0) is 90.3 Å². The van der Waals surface area contributed by atoms with Crippen molar-refractivity contribution in [2.24, 2.45) is 21.7 Å². The Kier molecular flexibility index (Phi) is 12.7. The summed E-state index contributed by atoms with van der Waals surface area (Å²) in [5.74, 6) is -4.83. The molecule has 18 heteroatoms. The lowest BCUT2D eigenvalue weighted by Crippen LogP contribution is -2.76. The SMILES string of the molecule is COC(=O)C12CN(CCN3CC4(C(=O)OC)C(=O)C(C(=O)OC)(C3)C(c3cccc(C)n3)N(C)C4c3cccc(C)n3)CC(C(=O)OC)(C1=O)C(c1cccc(C)n1)N(C)C2c1cccc(C)n1. The van der Waals surface area contributed by atoms with Gasteiger partial charge < -0.3 is 18.9 Å². The van der Waals surface area contributed by atoms with Crippen molar-refractivity contribution in [3.05, 3.63) is 118 Å². The summed E-state index contributed by atoms with van der Waals surface area (Å²) in [4.78, 5) is 117. The summed E-state index contributed by atoms with van der Waals surface area (Å²) in [5.41, 5.74) is -4.00. The molecule has 4 saturated heterocycles. The Morgan fingerprint density at radius 2 is 0.676 bits per heavy atom. The number of hydrogen-bond acceptors (Lipinski definition) is 18. The molecule has 0 aromatic carbocycles. The maximum absolute atomic E-state index is 15.8. The highest BCUT2D eigenvalue weighted by atomic mass is 16.5. The Morgan fingerprint density at radius 3 is 0.868 bits per heavy atom. The zero-order chi connectivity index (χ0) is 49.1. The highest BCUT2D eigenvalue weighted by Crippen LogP contribution is 2.62. The lowest BCUT2D eigenvalue weighted by molar-refractivity contribution is -0.208. The van der Waals surface area contributed by atoms with Crippen LogP contribution in [0.4, 0.5) is 0 Å². The normalized spacial score (nSPS) is 29.8. The number of carbonyl (C=O) groups is 6. The number of likely N-dealkylation sites (tertiary alicyclic amines) is 4. The van der Waals surface area contributed by atoms with Crippen molar-refractivity contribution in [3.63, 3.8) is 0 Å². The number of Topliss-reactive ketones (excluding diaryl/α,β-unsaturated/α-hetero) is 2. The topological polar surface area (TPSA) is 204 Å². The van der Waals surface area contributed by atoms with Crippen molar-refractivity contribution < 1.29 is 47.7 Å². The van der Waals surface area contributed by atoms with Crippen LogP contribution in [-0.2, 0) is 47.7 Å². The number of pyridine rings is 4. The van der Waals surface area contributed by atoms with E-state index in [1.165, 1.54) is 28.4 Å². The van der Waals surface area contributed by atoms with Gasteiger partial charge in [-0.25, -0.2) is 0 Å². The van der Waals surface area contributed by atoms with E-state index in [0.717, 1.165) is 0 Å². The predicted molar refractivity (Wildman–Crippen MR) is 243 cm³/mol. The number of methoxy groups -OCH3 is 4. The summed E-state index contributed by atoms with van der Waals surface area (Å²) in [5, 5.41) is 0. The number of hydrogen-bond donors (Lipinski definition) is 0. The number of carbonyl (C=O) groups excluding carboxylic acids is 6.